The number of hydrogen-bond acceptors (Lipinski definition) is 5. The van der Waals surface area contributed by atoms with E-state index in [-0.39, 0.29) is 0 Å². The van der Waals surface area contributed by atoms with Gasteiger partial charge in [0.25, 0.3) is 0 Å². The first-order chi connectivity index (χ1) is 12.2. The topological polar surface area (TPSA) is 72.0 Å². The van der Waals surface area contributed by atoms with Gasteiger partial charge in [0, 0.05) is 43.1 Å². The predicted molar refractivity (Wildman–Crippen MR) is 101 cm³/mol. The maximum Gasteiger partial charge on any atom is 0.229 e. The minimum absolute atomic E-state index is 0.629. The monoisotopic (exact) mass is 336 g/mol. The highest BCUT2D eigenvalue weighted by Gasteiger charge is 2.13. The van der Waals surface area contributed by atoms with E-state index in [0.29, 0.717) is 12.5 Å². The molecule has 3 aromatic rings. The average molecular weight is 336 g/mol. The Morgan fingerprint density at radius 2 is 2.16 bits per heavy atom. The molecule has 6 nitrogen and oxygen atoms in total. The Bertz CT molecular complexity index is 885. The summed E-state index contributed by atoms with van der Waals surface area (Å²) in [5, 5.41) is 4.41. The molecular weight excluding hydrogens is 312 g/mol. The van der Waals surface area contributed by atoms with Gasteiger partial charge in [0.1, 0.15) is 5.65 Å². The number of rotatable bonds is 5. The molecule has 4 rings (SSSR count). The van der Waals surface area contributed by atoms with Crippen LogP contribution in [-0.4, -0.2) is 39.6 Å². The Balaban J connectivity index is 1.59. The summed E-state index contributed by atoms with van der Waals surface area (Å²) in [6, 6.07) is 8.59. The normalized spacial score (nSPS) is 14.6. The summed E-state index contributed by atoms with van der Waals surface area (Å²) >= 11 is 0. The molecule has 25 heavy (non-hydrogen) atoms. The van der Waals surface area contributed by atoms with E-state index in [9.17, 15) is 0 Å². The molecule has 0 spiro atoms. The number of fused-ring (bicyclic) bond motifs is 2. The van der Waals surface area contributed by atoms with Crippen LogP contribution in [0.15, 0.2) is 36.7 Å². The number of nitrogens with one attached hydrogen (secondary N) is 1. The third kappa shape index (κ3) is 3.36. The van der Waals surface area contributed by atoms with Gasteiger partial charge in [-0.1, -0.05) is 6.07 Å². The third-order valence-electron chi connectivity index (χ3n) is 4.77. The van der Waals surface area contributed by atoms with Crippen LogP contribution in [0.25, 0.3) is 11.0 Å². The highest BCUT2D eigenvalue weighted by atomic mass is 15.1. The van der Waals surface area contributed by atoms with Gasteiger partial charge in [-0.25, -0.2) is 4.98 Å². The Labute approximate surface area is 147 Å². The molecule has 2 aromatic heterocycles. The molecule has 6 heteroatoms. The smallest absolute Gasteiger partial charge is 0.229 e. The van der Waals surface area contributed by atoms with E-state index < -0.39 is 0 Å². The summed E-state index contributed by atoms with van der Waals surface area (Å²) in [7, 11) is 2.16. The van der Waals surface area contributed by atoms with Crippen molar-refractivity contribution in [3.8, 4) is 0 Å². The van der Waals surface area contributed by atoms with E-state index in [4.69, 9.17) is 10.7 Å². The first-order valence-corrected chi connectivity index (χ1v) is 8.82. The van der Waals surface area contributed by atoms with E-state index in [1.165, 1.54) is 11.1 Å². The molecule has 0 saturated heterocycles. The van der Waals surface area contributed by atoms with Crippen molar-refractivity contribution in [2.75, 3.05) is 25.5 Å². The van der Waals surface area contributed by atoms with E-state index >= 15 is 0 Å². The molecule has 1 aliphatic rings. The summed E-state index contributed by atoms with van der Waals surface area (Å²) in [6.45, 7) is 3.67. The molecule has 0 saturated carbocycles. The highest BCUT2D eigenvalue weighted by Crippen LogP contribution is 2.24. The molecule has 0 unspecified atom stereocenters. The molecule has 3 N–H and O–H groups in total. The maximum atomic E-state index is 5.62. The molecule has 130 valence electrons. The van der Waals surface area contributed by atoms with E-state index in [0.717, 1.165) is 49.2 Å². The van der Waals surface area contributed by atoms with Crippen LogP contribution in [0.5, 0.6) is 0 Å². The van der Waals surface area contributed by atoms with Crippen LogP contribution in [0.4, 0.5) is 11.6 Å². The van der Waals surface area contributed by atoms with Crippen LogP contribution in [0.2, 0.25) is 0 Å². The van der Waals surface area contributed by atoms with Crippen LogP contribution in [0.3, 0.4) is 0 Å². The van der Waals surface area contributed by atoms with E-state index in [1.54, 1.807) is 0 Å². The Morgan fingerprint density at radius 1 is 1.24 bits per heavy atom. The number of anilines is 2. The number of hydrogen-bond donors (Lipinski definition) is 2. The van der Waals surface area contributed by atoms with E-state index in [2.05, 4.69) is 45.0 Å². The van der Waals surface area contributed by atoms with Crippen molar-refractivity contribution in [3.63, 3.8) is 0 Å². The zero-order valence-electron chi connectivity index (χ0n) is 14.6. The van der Waals surface area contributed by atoms with E-state index in [1.807, 2.05) is 18.5 Å². The summed E-state index contributed by atoms with van der Waals surface area (Å²) < 4.78 is 2.14. The lowest BCUT2D eigenvalue weighted by Crippen LogP contribution is -2.26. The van der Waals surface area contributed by atoms with Crippen molar-refractivity contribution in [1.29, 1.82) is 0 Å². The van der Waals surface area contributed by atoms with Crippen molar-refractivity contribution >= 4 is 22.7 Å². The zero-order valence-corrected chi connectivity index (χ0v) is 14.6. The van der Waals surface area contributed by atoms with Crippen molar-refractivity contribution in [2.45, 2.75) is 25.9 Å². The van der Waals surface area contributed by atoms with Gasteiger partial charge in [-0.2, -0.15) is 4.98 Å². The van der Waals surface area contributed by atoms with Gasteiger partial charge >= 0.3 is 0 Å². The number of aromatic nitrogens is 3. The van der Waals surface area contributed by atoms with Crippen LogP contribution >= 0.6 is 0 Å². The summed E-state index contributed by atoms with van der Waals surface area (Å²) in [5.41, 5.74) is 10.4. The fourth-order valence-electron chi connectivity index (χ4n) is 3.38. The molecule has 0 fully saturated rings. The first-order valence-electron chi connectivity index (χ1n) is 8.82. The molecule has 3 heterocycles. The Kier molecular flexibility index (Phi) is 4.38. The second-order valence-corrected chi connectivity index (χ2v) is 6.72. The van der Waals surface area contributed by atoms with Gasteiger partial charge in [0.15, 0.2) is 0 Å². The average Bonchev–Trinajstić information content (AvgIpc) is 3.02. The molecule has 1 aromatic carbocycles. The first kappa shape index (κ1) is 16.1. The van der Waals surface area contributed by atoms with Gasteiger partial charge in [0.2, 0.25) is 5.95 Å². The molecule has 0 amide bonds. The molecule has 1 aliphatic heterocycles. The quantitative estimate of drug-likeness (QED) is 0.749. The molecule has 0 radical (unpaired) electrons. The Hall–Kier alpha value is -2.44. The van der Waals surface area contributed by atoms with Crippen LogP contribution in [0.1, 0.15) is 17.5 Å². The molecule has 0 atom stereocenters. The van der Waals surface area contributed by atoms with Crippen LogP contribution in [0, 0.1) is 0 Å². The number of likely N-dealkylation sites (N-methyl/N-ethyl adjacent to an activating group) is 1. The van der Waals surface area contributed by atoms with Crippen molar-refractivity contribution in [3.05, 3.63) is 47.8 Å². The minimum atomic E-state index is 0.629. The van der Waals surface area contributed by atoms with Crippen molar-refractivity contribution in [1.82, 2.24) is 19.4 Å². The maximum absolute atomic E-state index is 5.62. The summed E-state index contributed by atoms with van der Waals surface area (Å²) in [4.78, 5) is 11.5. The van der Waals surface area contributed by atoms with Crippen LogP contribution < -0.4 is 11.1 Å². The van der Waals surface area contributed by atoms with Gasteiger partial charge in [-0.05, 0) is 55.8 Å². The number of aryl methyl sites for hydroxylation is 1. The highest BCUT2D eigenvalue weighted by molar-refractivity contribution is 5.76. The largest absolute Gasteiger partial charge is 0.332 e. The number of nitrogens with two attached hydrogens (primary N) is 1. The summed E-state index contributed by atoms with van der Waals surface area (Å²) in [6.07, 6.45) is 5.97. The summed E-state index contributed by atoms with van der Waals surface area (Å²) in [5.74, 6) is 0.629. The van der Waals surface area contributed by atoms with Crippen molar-refractivity contribution < 1.29 is 0 Å². The van der Waals surface area contributed by atoms with Gasteiger partial charge in [-0.3, -0.25) is 0 Å². The van der Waals surface area contributed by atoms with Gasteiger partial charge in [-0.15, -0.1) is 0 Å². The Morgan fingerprint density at radius 3 is 3.04 bits per heavy atom. The zero-order chi connectivity index (χ0) is 17.2. The number of benzene rings is 1. The second-order valence-electron chi connectivity index (χ2n) is 6.72. The van der Waals surface area contributed by atoms with Gasteiger partial charge < -0.3 is 20.5 Å². The lowest BCUT2D eigenvalue weighted by molar-refractivity contribution is 0.313. The predicted octanol–water partition coefficient (Wildman–Crippen LogP) is 2.51. The SMILES string of the molecule is CN1CCc2ccc(Nc3ncc4ccn(CCCN)c4n3)cc2C1. The third-order valence-corrected chi connectivity index (χ3v) is 4.77. The molecule has 0 bridgehead atoms. The molecule has 0 aliphatic carbocycles. The lowest BCUT2D eigenvalue weighted by Gasteiger charge is -2.25. The standard InChI is InChI=1S/C19H24N6/c1-24-9-5-14-3-4-17(11-16(14)13-24)22-19-21-12-15-6-10-25(8-2-7-20)18(15)23-19/h3-4,6,10-12H,2,5,7-9,13,20H2,1H3,(H,21,22,23). The fraction of sp³-hybridized carbons (Fsp3) is 0.368. The lowest BCUT2D eigenvalue weighted by atomic mass is 9.99. The fourth-order valence-corrected chi connectivity index (χ4v) is 3.38. The number of nitrogens with zero attached hydrogens (tertiary/aromatic N) is 4. The van der Waals surface area contributed by atoms with Gasteiger partial charge in [0.05, 0.1) is 0 Å². The second kappa shape index (κ2) is 6.82. The van der Waals surface area contributed by atoms with Crippen molar-refractivity contribution in [2.24, 2.45) is 5.73 Å². The minimum Gasteiger partial charge on any atom is -0.332 e. The van der Waals surface area contributed by atoms with Crippen LogP contribution in [-0.2, 0) is 19.5 Å². The molecular formula is C19H24N6.